The molecule has 0 aromatic carbocycles. The van der Waals surface area contributed by atoms with Crippen LogP contribution in [0.3, 0.4) is 0 Å². The average Bonchev–Trinajstić information content (AvgIpc) is 2.77. The predicted octanol–water partition coefficient (Wildman–Crippen LogP) is 2.07. The summed E-state index contributed by atoms with van der Waals surface area (Å²) >= 11 is 1.43. The molecule has 0 fully saturated rings. The molecule has 0 aliphatic rings. The van der Waals surface area contributed by atoms with Crippen molar-refractivity contribution in [3.63, 3.8) is 0 Å². The topological polar surface area (TPSA) is 54.5 Å². The van der Waals surface area contributed by atoms with E-state index in [0.717, 1.165) is 30.9 Å². The first-order chi connectivity index (χ1) is 8.65. The minimum atomic E-state index is -0.352. The molecule has 102 valence electrons. The second-order valence-corrected chi connectivity index (χ2v) is 5.04. The molecular formula is C12H21N3O2S. The van der Waals surface area contributed by atoms with E-state index in [-0.39, 0.29) is 5.97 Å². The van der Waals surface area contributed by atoms with Gasteiger partial charge < -0.3 is 15.0 Å². The van der Waals surface area contributed by atoms with E-state index in [1.807, 2.05) is 0 Å². The monoisotopic (exact) mass is 271 g/mol. The van der Waals surface area contributed by atoms with Crippen molar-refractivity contribution in [3.8, 4) is 0 Å². The van der Waals surface area contributed by atoms with E-state index in [1.54, 1.807) is 12.4 Å². The Hall–Kier alpha value is -1.14. The van der Waals surface area contributed by atoms with Crippen molar-refractivity contribution in [2.75, 3.05) is 39.1 Å². The average molecular weight is 271 g/mol. The van der Waals surface area contributed by atoms with Crippen LogP contribution in [-0.2, 0) is 4.74 Å². The van der Waals surface area contributed by atoms with Crippen LogP contribution in [0.2, 0.25) is 0 Å². The molecule has 0 saturated carbocycles. The van der Waals surface area contributed by atoms with Crippen LogP contribution in [0.25, 0.3) is 0 Å². The third kappa shape index (κ3) is 5.01. The number of hydrogen-bond acceptors (Lipinski definition) is 6. The maximum absolute atomic E-state index is 11.6. The molecule has 1 heterocycles. The normalized spacial score (nSPS) is 10.7. The lowest BCUT2D eigenvalue weighted by Crippen LogP contribution is -2.14. The molecule has 5 nitrogen and oxygen atoms in total. The number of unbranched alkanes of at least 4 members (excludes halogenated alkanes) is 1. The third-order valence-electron chi connectivity index (χ3n) is 2.35. The molecule has 1 aromatic rings. The largest absolute Gasteiger partial charge is 0.461 e. The Morgan fingerprint density at radius 1 is 1.50 bits per heavy atom. The van der Waals surface area contributed by atoms with E-state index in [4.69, 9.17) is 4.74 Å². The van der Waals surface area contributed by atoms with Gasteiger partial charge in [-0.2, -0.15) is 0 Å². The van der Waals surface area contributed by atoms with Crippen LogP contribution in [0.4, 0.5) is 5.00 Å². The van der Waals surface area contributed by atoms with Crippen LogP contribution in [-0.4, -0.2) is 49.6 Å². The molecule has 0 bridgehead atoms. The second kappa shape index (κ2) is 8.05. The molecule has 1 rings (SSSR count). The zero-order valence-corrected chi connectivity index (χ0v) is 12.0. The summed E-state index contributed by atoms with van der Waals surface area (Å²) in [4.78, 5) is 17.8. The number of carbonyl (C=O) groups excluding carboxylic acids is 1. The van der Waals surface area contributed by atoms with Crippen molar-refractivity contribution >= 4 is 22.3 Å². The van der Waals surface area contributed by atoms with Gasteiger partial charge in [-0.1, -0.05) is 0 Å². The summed E-state index contributed by atoms with van der Waals surface area (Å²) in [5.41, 5.74) is 2.06. The molecule has 0 aliphatic heterocycles. The Labute approximate surface area is 112 Å². The smallest absolute Gasteiger partial charge is 0.360 e. The summed E-state index contributed by atoms with van der Waals surface area (Å²) in [6, 6.07) is 0. The molecule has 1 aromatic heterocycles. The zero-order valence-electron chi connectivity index (χ0n) is 11.2. The highest BCUT2D eigenvalue weighted by Crippen LogP contribution is 2.20. The number of nitrogens with one attached hydrogen (secondary N) is 1. The highest BCUT2D eigenvalue weighted by atomic mass is 32.1. The molecule has 0 radical (unpaired) electrons. The number of carbonyl (C=O) groups is 1. The lowest BCUT2D eigenvalue weighted by Gasteiger charge is -2.09. The van der Waals surface area contributed by atoms with Gasteiger partial charge in [-0.3, -0.25) is 0 Å². The molecular weight excluding hydrogens is 250 g/mol. The molecule has 0 atom stereocenters. The van der Waals surface area contributed by atoms with Gasteiger partial charge in [-0.15, -0.1) is 11.3 Å². The summed E-state index contributed by atoms with van der Waals surface area (Å²) < 4.78 is 4.94. The van der Waals surface area contributed by atoms with Crippen molar-refractivity contribution < 1.29 is 9.53 Å². The molecule has 18 heavy (non-hydrogen) atoms. The summed E-state index contributed by atoms with van der Waals surface area (Å²) in [7, 11) is 4.13. The highest BCUT2D eigenvalue weighted by Gasteiger charge is 2.15. The van der Waals surface area contributed by atoms with Gasteiger partial charge in [0.1, 0.15) is 5.00 Å². The Balaban J connectivity index is 2.34. The molecule has 0 aliphatic carbocycles. The first kappa shape index (κ1) is 14.9. The summed E-state index contributed by atoms with van der Waals surface area (Å²) in [6.45, 7) is 4.09. The molecule has 0 amide bonds. The maximum atomic E-state index is 11.6. The van der Waals surface area contributed by atoms with Gasteiger partial charge in [0.2, 0.25) is 0 Å². The number of nitrogens with zero attached hydrogens (tertiary/aromatic N) is 2. The van der Waals surface area contributed by atoms with Gasteiger partial charge in [0, 0.05) is 6.54 Å². The quantitative estimate of drug-likeness (QED) is 0.579. The number of hydrogen-bond donors (Lipinski definition) is 1. The minimum Gasteiger partial charge on any atom is -0.461 e. The van der Waals surface area contributed by atoms with Crippen LogP contribution >= 0.6 is 11.3 Å². The number of esters is 1. The van der Waals surface area contributed by atoms with Crippen molar-refractivity contribution in [3.05, 3.63) is 11.2 Å². The van der Waals surface area contributed by atoms with Gasteiger partial charge in [-0.05, 0) is 40.4 Å². The second-order valence-electron chi connectivity index (χ2n) is 4.19. The highest BCUT2D eigenvalue weighted by molar-refractivity contribution is 7.14. The van der Waals surface area contributed by atoms with Crippen molar-refractivity contribution in [1.29, 1.82) is 0 Å². The predicted molar refractivity (Wildman–Crippen MR) is 74.3 cm³/mol. The number of aromatic nitrogens is 1. The third-order valence-corrected chi connectivity index (χ3v) is 3.14. The summed E-state index contributed by atoms with van der Waals surface area (Å²) in [6.07, 6.45) is 2.20. The van der Waals surface area contributed by atoms with E-state index in [0.29, 0.717) is 12.3 Å². The first-order valence-electron chi connectivity index (χ1n) is 6.14. The Bertz CT molecular complexity index is 366. The van der Waals surface area contributed by atoms with Crippen LogP contribution in [0.5, 0.6) is 0 Å². The number of rotatable bonds is 8. The lowest BCUT2D eigenvalue weighted by atomic mass is 10.3. The number of thiazole rings is 1. The fourth-order valence-corrected chi connectivity index (χ4v) is 2.17. The van der Waals surface area contributed by atoms with E-state index in [1.165, 1.54) is 11.3 Å². The van der Waals surface area contributed by atoms with Gasteiger partial charge in [0.15, 0.2) is 5.69 Å². The van der Waals surface area contributed by atoms with Gasteiger partial charge in [-0.25, -0.2) is 9.78 Å². The summed E-state index contributed by atoms with van der Waals surface area (Å²) in [5, 5.41) is 4.05. The van der Waals surface area contributed by atoms with Crippen LogP contribution in [0.15, 0.2) is 5.51 Å². The van der Waals surface area contributed by atoms with Crippen molar-refractivity contribution in [2.45, 2.75) is 19.8 Å². The first-order valence-corrected chi connectivity index (χ1v) is 7.02. The zero-order chi connectivity index (χ0) is 13.4. The molecule has 1 N–H and O–H groups in total. The summed E-state index contributed by atoms with van der Waals surface area (Å²) in [5.74, 6) is -0.352. The molecule has 0 saturated heterocycles. The SMILES string of the molecule is CCOC(=O)c1ncsc1NCCCCN(C)C. The molecule has 0 spiro atoms. The van der Waals surface area contributed by atoms with E-state index < -0.39 is 0 Å². The van der Waals surface area contributed by atoms with Crippen LogP contribution in [0.1, 0.15) is 30.3 Å². The van der Waals surface area contributed by atoms with Crippen molar-refractivity contribution in [1.82, 2.24) is 9.88 Å². The molecule has 6 heteroatoms. The fraction of sp³-hybridized carbons (Fsp3) is 0.667. The van der Waals surface area contributed by atoms with Gasteiger partial charge in [0.25, 0.3) is 0 Å². The van der Waals surface area contributed by atoms with Gasteiger partial charge in [0.05, 0.1) is 12.1 Å². The number of anilines is 1. The molecule has 0 unspecified atom stereocenters. The van der Waals surface area contributed by atoms with E-state index >= 15 is 0 Å². The Morgan fingerprint density at radius 3 is 2.94 bits per heavy atom. The Morgan fingerprint density at radius 2 is 2.28 bits per heavy atom. The Kier molecular flexibility index (Phi) is 6.67. The van der Waals surface area contributed by atoms with Crippen LogP contribution < -0.4 is 5.32 Å². The van der Waals surface area contributed by atoms with E-state index in [2.05, 4.69) is 29.3 Å². The van der Waals surface area contributed by atoms with Crippen LogP contribution in [0, 0.1) is 0 Å². The number of ether oxygens (including phenoxy) is 1. The van der Waals surface area contributed by atoms with E-state index in [9.17, 15) is 4.79 Å². The standard InChI is InChI=1S/C12H21N3O2S/c1-4-17-12(16)10-11(18-9-14-10)13-7-5-6-8-15(2)3/h9,13H,4-8H2,1-3H3. The minimum absolute atomic E-state index is 0.352. The lowest BCUT2D eigenvalue weighted by molar-refractivity contribution is 0.0521. The van der Waals surface area contributed by atoms with Gasteiger partial charge >= 0.3 is 5.97 Å². The van der Waals surface area contributed by atoms with Crippen molar-refractivity contribution in [2.24, 2.45) is 0 Å². The fourth-order valence-electron chi connectivity index (χ4n) is 1.47. The maximum Gasteiger partial charge on any atom is 0.360 e.